The van der Waals surface area contributed by atoms with E-state index in [4.69, 9.17) is 9.15 Å². The van der Waals surface area contributed by atoms with E-state index in [0.29, 0.717) is 34.4 Å². The largest absolute Gasteiger partial charge is 0.495 e. The molecule has 0 aliphatic carbocycles. The van der Waals surface area contributed by atoms with Gasteiger partial charge in [0.05, 0.1) is 28.6 Å². The van der Waals surface area contributed by atoms with Gasteiger partial charge in [-0.3, -0.25) is 14.5 Å². The van der Waals surface area contributed by atoms with Gasteiger partial charge in [0, 0.05) is 38.3 Å². The van der Waals surface area contributed by atoms with Gasteiger partial charge < -0.3 is 19.4 Å². The van der Waals surface area contributed by atoms with Crippen molar-refractivity contribution in [1.29, 1.82) is 0 Å². The van der Waals surface area contributed by atoms with Gasteiger partial charge in [0.15, 0.2) is 16.8 Å². The number of nitrogens with one attached hydrogen (secondary N) is 1. The first kappa shape index (κ1) is 25.0. The minimum absolute atomic E-state index is 0.105. The normalized spacial score (nSPS) is 14.2. The van der Waals surface area contributed by atoms with Crippen LogP contribution in [0.15, 0.2) is 69.2 Å². The fraction of sp³-hybridized carbons (Fsp3) is 0.310. The Morgan fingerprint density at radius 3 is 2.62 bits per heavy atom. The van der Waals surface area contributed by atoms with Gasteiger partial charge in [-0.05, 0) is 55.6 Å². The second-order valence-electron chi connectivity index (χ2n) is 9.15. The molecule has 5 rings (SSSR count). The molecule has 4 aromatic rings. The fourth-order valence-corrected chi connectivity index (χ4v) is 5.60. The van der Waals surface area contributed by atoms with Crippen molar-refractivity contribution in [2.24, 2.45) is 0 Å². The predicted molar refractivity (Wildman–Crippen MR) is 149 cm³/mol. The molecule has 2 aromatic heterocycles. The molecule has 1 fully saturated rings. The summed E-state index contributed by atoms with van der Waals surface area (Å²) in [5, 5.41) is 5.39. The molecular formula is C29H31N3O4S. The average Bonchev–Trinajstić information content (AvgIpc) is 3.48. The predicted octanol–water partition coefficient (Wildman–Crippen LogP) is 4.78. The van der Waals surface area contributed by atoms with Crippen LogP contribution in [0.25, 0.3) is 21.6 Å². The molecule has 192 valence electrons. The summed E-state index contributed by atoms with van der Waals surface area (Å²) >= 11 is 1.51. The number of carbonyl (C=O) groups excluding carboxylic acids is 1. The van der Waals surface area contributed by atoms with E-state index in [9.17, 15) is 9.59 Å². The molecule has 0 unspecified atom stereocenters. The lowest BCUT2D eigenvalue weighted by molar-refractivity contribution is 0.0952. The maximum Gasteiger partial charge on any atom is 0.255 e. The summed E-state index contributed by atoms with van der Waals surface area (Å²) in [6, 6.07) is 17.1. The Balaban J connectivity index is 1.18. The minimum Gasteiger partial charge on any atom is -0.495 e. The van der Waals surface area contributed by atoms with Gasteiger partial charge in [-0.25, -0.2) is 0 Å². The van der Waals surface area contributed by atoms with Crippen molar-refractivity contribution in [3.63, 3.8) is 0 Å². The first-order chi connectivity index (χ1) is 18.1. The molecule has 1 aliphatic heterocycles. The number of anilines is 1. The third kappa shape index (κ3) is 5.26. The highest BCUT2D eigenvalue weighted by Gasteiger charge is 2.20. The zero-order valence-corrected chi connectivity index (χ0v) is 22.0. The van der Waals surface area contributed by atoms with Crippen LogP contribution in [0.3, 0.4) is 0 Å². The van der Waals surface area contributed by atoms with Gasteiger partial charge in [0.1, 0.15) is 5.75 Å². The minimum atomic E-state index is -0.226. The van der Waals surface area contributed by atoms with Crippen LogP contribution in [0.5, 0.6) is 5.75 Å². The van der Waals surface area contributed by atoms with Crippen molar-refractivity contribution in [2.45, 2.75) is 13.3 Å². The number of para-hydroxylation sites is 3. The molecule has 3 heterocycles. The molecule has 1 amide bonds. The topological polar surface area (TPSA) is 75.0 Å². The van der Waals surface area contributed by atoms with Crippen molar-refractivity contribution in [3.05, 3.63) is 81.3 Å². The molecule has 2 aromatic carbocycles. The summed E-state index contributed by atoms with van der Waals surface area (Å²) in [4.78, 5) is 31.7. The Morgan fingerprint density at radius 2 is 1.86 bits per heavy atom. The van der Waals surface area contributed by atoms with Crippen LogP contribution in [0, 0.1) is 6.92 Å². The molecule has 8 heteroatoms. The van der Waals surface area contributed by atoms with Crippen LogP contribution in [-0.2, 0) is 0 Å². The van der Waals surface area contributed by atoms with Gasteiger partial charge in [-0.2, -0.15) is 0 Å². The molecule has 7 nitrogen and oxygen atoms in total. The van der Waals surface area contributed by atoms with E-state index < -0.39 is 0 Å². The number of methoxy groups -OCH3 is 1. The van der Waals surface area contributed by atoms with Gasteiger partial charge >= 0.3 is 0 Å². The van der Waals surface area contributed by atoms with Crippen molar-refractivity contribution >= 4 is 33.9 Å². The second kappa shape index (κ2) is 11.2. The average molecular weight is 518 g/mol. The third-order valence-electron chi connectivity index (χ3n) is 6.87. The number of benzene rings is 2. The van der Waals surface area contributed by atoms with Crippen molar-refractivity contribution in [2.75, 3.05) is 51.3 Å². The second-order valence-corrected chi connectivity index (χ2v) is 10.1. The molecule has 1 saturated heterocycles. The molecule has 0 bridgehead atoms. The van der Waals surface area contributed by atoms with E-state index in [1.54, 1.807) is 32.2 Å². The third-order valence-corrected chi connectivity index (χ3v) is 7.74. The summed E-state index contributed by atoms with van der Waals surface area (Å²) in [6.07, 6.45) is 0.842. The lowest BCUT2D eigenvalue weighted by Crippen LogP contribution is -2.47. The summed E-state index contributed by atoms with van der Waals surface area (Å²) < 4.78 is 11.7. The molecule has 1 N–H and O–H groups in total. The highest BCUT2D eigenvalue weighted by atomic mass is 32.1. The number of rotatable bonds is 8. The Bertz CT molecular complexity index is 1440. The van der Waals surface area contributed by atoms with Gasteiger partial charge in [0.2, 0.25) is 0 Å². The quantitative estimate of drug-likeness (QED) is 0.339. The molecule has 0 atom stereocenters. The van der Waals surface area contributed by atoms with E-state index in [0.717, 1.165) is 55.5 Å². The molecule has 0 saturated carbocycles. The zero-order chi connectivity index (χ0) is 25.8. The maximum absolute atomic E-state index is 13.1. The van der Waals surface area contributed by atoms with Crippen LogP contribution in [-0.4, -0.2) is 57.2 Å². The SMILES string of the molecule is COc1ccccc1N1CCN(CCCNC(=O)c2cccc3c(=O)c(C)c(-c4cccs4)oc23)CC1. The number of nitrogens with zero attached hydrogens (tertiary/aromatic N) is 2. The van der Waals surface area contributed by atoms with E-state index in [1.165, 1.54) is 11.3 Å². The molecule has 0 spiro atoms. The number of carbonyl (C=O) groups is 1. The molecule has 37 heavy (non-hydrogen) atoms. The number of hydrogen-bond donors (Lipinski definition) is 1. The summed E-state index contributed by atoms with van der Waals surface area (Å²) in [5.41, 5.74) is 2.31. The summed E-state index contributed by atoms with van der Waals surface area (Å²) in [7, 11) is 1.71. The first-order valence-electron chi connectivity index (χ1n) is 12.6. The van der Waals surface area contributed by atoms with Crippen molar-refractivity contribution < 1.29 is 13.9 Å². The lowest BCUT2D eigenvalue weighted by Gasteiger charge is -2.36. The van der Waals surface area contributed by atoms with Gasteiger partial charge in [0.25, 0.3) is 5.91 Å². The number of amides is 1. The Morgan fingerprint density at radius 1 is 1.05 bits per heavy atom. The van der Waals surface area contributed by atoms with Crippen LogP contribution in [0.4, 0.5) is 5.69 Å². The Labute approximate surface area is 220 Å². The van der Waals surface area contributed by atoms with Gasteiger partial charge in [-0.15, -0.1) is 11.3 Å². The summed E-state index contributed by atoms with van der Waals surface area (Å²) in [6.45, 7) is 7.03. The number of piperazine rings is 1. The smallest absolute Gasteiger partial charge is 0.255 e. The van der Waals surface area contributed by atoms with E-state index in [-0.39, 0.29) is 11.3 Å². The highest BCUT2D eigenvalue weighted by Crippen LogP contribution is 2.31. The number of thiophene rings is 1. The van der Waals surface area contributed by atoms with E-state index in [2.05, 4.69) is 21.2 Å². The number of ether oxygens (including phenoxy) is 1. The van der Waals surface area contributed by atoms with E-state index in [1.807, 2.05) is 35.7 Å². The zero-order valence-electron chi connectivity index (χ0n) is 21.2. The molecule has 0 radical (unpaired) electrons. The standard InChI is InChI=1S/C29H31N3O4S/c1-20-26(33)21-8-5-9-22(28(21)36-27(20)25-12-6-19-37-25)29(34)30-13-7-14-31-15-17-32(18-16-31)23-10-3-4-11-24(23)35-2/h3-6,8-12,19H,7,13-18H2,1-2H3,(H,30,34). The number of fused-ring (bicyclic) bond motifs is 1. The first-order valence-corrected chi connectivity index (χ1v) is 13.4. The van der Waals surface area contributed by atoms with E-state index >= 15 is 0 Å². The van der Waals surface area contributed by atoms with Crippen LogP contribution in [0.1, 0.15) is 22.3 Å². The van der Waals surface area contributed by atoms with Crippen LogP contribution in [0.2, 0.25) is 0 Å². The fourth-order valence-electron chi connectivity index (χ4n) is 4.83. The maximum atomic E-state index is 13.1. The molecular weight excluding hydrogens is 486 g/mol. The highest BCUT2D eigenvalue weighted by molar-refractivity contribution is 7.13. The number of hydrogen-bond acceptors (Lipinski definition) is 7. The monoisotopic (exact) mass is 517 g/mol. The van der Waals surface area contributed by atoms with Crippen LogP contribution >= 0.6 is 11.3 Å². The summed E-state index contributed by atoms with van der Waals surface area (Å²) in [5.74, 6) is 1.20. The van der Waals surface area contributed by atoms with Crippen molar-refractivity contribution in [3.8, 4) is 16.4 Å². The van der Waals surface area contributed by atoms with Crippen LogP contribution < -0.4 is 20.4 Å². The van der Waals surface area contributed by atoms with Crippen molar-refractivity contribution in [1.82, 2.24) is 10.2 Å². The Kier molecular flexibility index (Phi) is 7.58. The molecule has 1 aliphatic rings. The Hall–Kier alpha value is -3.62. The van der Waals surface area contributed by atoms with Gasteiger partial charge in [-0.1, -0.05) is 24.3 Å². The lowest BCUT2D eigenvalue weighted by atomic mass is 10.1.